The minimum absolute atomic E-state index is 0.0794. The fraction of sp³-hybridized carbons (Fsp3) is 0.200. The number of aliphatic hydroxyl groups excluding tert-OH is 1. The molecule has 4 heteroatoms. The highest BCUT2D eigenvalue weighted by molar-refractivity contribution is 5.74. The number of hydrogen-bond acceptors (Lipinski definition) is 4. The lowest BCUT2D eigenvalue weighted by Gasteiger charge is -2.06. The molecule has 0 spiro atoms. The van der Waals surface area contributed by atoms with Gasteiger partial charge in [0.1, 0.15) is 24.7 Å². The van der Waals surface area contributed by atoms with Crippen LogP contribution in [0.25, 0.3) is 0 Å². The van der Waals surface area contributed by atoms with Crippen LogP contribution in [0.3, 0.4) is 0 Å². The highest BCUT2D eigenvalue weighted by Gasteiger charge is 2.02. The first-order chi connectivity index (χ1) is 6.76. The van der Waals surface area contributed by atoms with E-state index in [2.05, 4.69) is 0 Å². The number of benzene rings is 1. The van der Waals surface area contributed by atoms with Crippen molar-refractivity contribution in [1.29, 1.82) is 0 Å². The molecule has 0 bridgehead atoms. The van der Waals surface area contributed by atoms with E-state index in [1.165, 1.54) is 0 Å². The van der Waals surface area contributed by atoms with Crippen LogP contribution in [0.15, 0.2) is 24.3 Å². The molecule has 0 saturated carbocycles. The highest BCUT2D eigenvalue weighted by Crippen LogP contribution is 2.10. The summed E-state index contributed by atoms with van der Waals surface area (Å²) in [6.07, 6.45) is 0.0184. The van der Waals surface area contributed by atoms with Crippen molar-refractivity contribution in [2.24, 2.45) is 0 Å². The second-order valence-corrected chi connectivity index (χ2v) is 2.70. The minimum atomic E-state index is -1.11. The van der Waals surface area contributed by atoms with Crippen molar-refractivity contribution in [2.75, 3.05) is 6.61 Å². The molecule has 0 fully saturated rings. The average Bonchev–Trinajstić information content (AvgIpc) is 2.26. The summed E-state index contributed by atoms with van der Waals surface area (Å²) in [5.41, 5.74) is 0.549. The Morgan fingerprint density at radius 3 is 2.43 bits per heavy atom. The predicted octanol–water partition coefficient (Wildman–Crippen LogP) is 0.438. The second-order valence-electron chi connectivity index (χ2n) is 2.70. The SMILES string of the molecule is O=Cc1ccc(OCC(O)C=O)cc1. The zero-order valence-electron chi connectivity index (χ0n) is 7.42. The lowest BCUT2D eigenvalue weighted by molar-refractivity contribution is -0.116. The lowest BCUT2D eigenvalue weighted by atomic mass is 10.2. The molecule has 0 heterocycles. The van der Waals surface area contributed by atoms with Crippen molar-refractivity contribution in [1.82, 2.24) is 0 Å². The smallest absolute Gasteiger partial charge is 0.151 e. The summed E-state index contributed by atoms with van der Waals surface area (Å²) in [4.78, 5) is 20.4. The molecule has 1 aromatic rings. The van der Waals surface area contributed by atoms with Crippen molar-refractivity contribution < 1.29 is 19.4 Å². The molecule has 4 nitrogen and oxygen atoms in total. The van der Waals surface area contributed by atoms with Crippen molar-refractivity contribution >= 4 is 12.6 Å². The van der Waals surface area contributed by atoms with Crippen LogP contribution in [0.5, 0.6) is 5.75 Å². The molecule has 0 saturated heterocycles. The van der Waals surface area contributed by atoms with Crippen LogP contribution in [0.1, 0.15) is 10.4 Å². The number of aldehydes is 2. The average molecular weight is 194 g/mol. The molecule has 0 aliphatic heterocycles. The number of hydrogen-bond donors (Lipinski definition) is 1. The molecule has 0 aliphatic carbocycles. The van der Waals surface area contributed by atoms with E-state index < -0.39 is 6.10 Å². The van der Waals surface area contributed by atoms with E-state index in [-0.39, 0.29) is 6.61 Å². The van der Waals surface area contributed by atoms with E-state index in [4.69, 9.17) is 9.84 Å². The second kappa shape index (κ2) is 5.14. The fourth-order valence-corrected chi connectivity index (χ4v) is 0.864. The number of ether oxygens (including phenoxy) is 1. The Labute approximate surface area is 81.1 Å². The lowest BCUT2D eigenvalue weighted by Crippen LogP contribution is -2.18. The van der Waals surface area contributed by atoms with Gasteiger partial charge in [-0.1, -0.05) is 0 Å². The first kappa shape index (κ1) is 10.4. The molecule has 0 aliphatic rings. The molecule has 74 valence electrons. The van der Waals surface area contributed by atoms with Gasteiger partial charge in [-0.25, -0.2) is 0 Å². The summed E-state index contributed by atoms with van der Waals surface area (Å²) >= 11 is 0. The summed E-state index contributed by atoms with van der Waals surface area (Å²) in [6, 6.07) is 6.38. The minimum Gasteiger partial charge on any atom is -0.490 e. The van der Waals surface area contributed by atoms with E-state index in [1.54, 1.807) is 24.3 Å². The van der Waals surface area contributed by atoms with Crippen molar-refractivity contribution in [2.45, 2.75) is 6.10 Å². The van der Waals surface area contributed by atoms with Gasteiger partial charge >= 0.3 is 0 Å². The first-order valence-electron chi connectivity index (χ1n) is 4.07. The first-order valence-corrected chi connectivity index (χ1v) is 4.07. The van der Waals surface area contributed by atoms with Crippen LogP contribution >= 0.6 is 0 Å². The van der Waals surface area contributed by atoms with Crippen LogP contribution < -0.4 is 4.74 Å². The molecular formula is C10H10O4. The monoisotopic (exact) mass is 194 g/mol. The van der Waals surface area contributed by atoms with Gasteiger partial charge in [-0.3, -0.25) is 4.79 Å². The standard InChI is InChI=1S/C10H10O4/c11-5-8-1-3-10(4-2-8)14-7-9(13)6-12/h1-6,9,13H,7H2. The largest absolute Gasteiger partial charge is 0.490 e. The van der Waals surface area contributed by atoms with Gasteiger partial charge in [0.15, 0.2) is 6.29 Å². The predicted molar refractivity (Wildman–Crippen MR) is 49.4 cm³/mol. The van der Waals surface area contributed by atoms with E-state index in [0.29, 0.717) is 17.6 Å². The third kappa shape index (κ3) is 2.99. The Morgan fingerprint density at radius 2 is 1.93 bits per heavy atom. The van der Waals surface area contributed by atoms with Crippen molar-refractivity contribution in [3.8, 4) is 5.75 Å². The van der Waals surface area contributed by atoms with Gasteiger partial charge in [0, 0.05) is 5.56 Å². The van der Waals surface area contributed by atoms with Crippen LogP contribution in [0.2, 0.25) is 0 Å². The third-order valence-electron chi connectivity index (χ3n) is 1.59. The number of carbonyl (C=O) groups is 2. The van der Waals surface area contributed by atoms with E-state index in [0.717, 1.165) is 6.29 Å². The van der Waals surface area contributed by atoms with Crippen molar-refractivity contribution in [3.05, 3.63) is 29.8 Å². The topological polar surface area (TPSA) is 63.6 Å². The molecule has 0 amide bonds. The summed E-state index contributed by atoms with van der Waals surface area (Å²) in [6.45, 7) is -0.0794. The van der Waals surface area contributed by atoms with Crippen LogP contribution in [-0.2, 0) is 4.79 Å². The summed E-state index contributed by atoms with van der Waals surface area (Å²) < 4.78 is 5.06. The molecule has 0 radical (unpaired) electrons. The van der Waals surface area contributed by atoms with Crippen molar-refractivity contribution in [3.63, 3.8) is 0 Å². The van der Waals surface area contributed by atoms with Gasteiger partial charge < -0.3 is 14.6 Å². The molecule has 1 unspecified atom stereocenters. The molecular weight excluding hydrogens is 184 g/mol. The Kier molecular flexibility index (Phi) is 3.82. The van der Waals surface area contributed by atoms with Gasteiger partial charge in [-0.15, -0.1) is 0 Å². The van der Waals surface area contributed by atoms with E-state index in [9.17, 15) is 9.59 Å². The summed E-state index contributed by atoms with van der Waals surface area (Å²) in [5, 5.41) is 8.87. The maximum absolute atomic E-state index is 10.3. The highest BCUT2D eigenvalue weighted by atomic mass is 16.5. The van der Waals surface area contributed by atoms with Crippen LogP contribution in [0.4, 0.5) is 0 Å². The number of aliphatic hydroxyl groups is 1. The quantitative estimate of drug-likeness (QED) is 0.691. The summed E-state index contributed by atoms with van der Waals surface area (Å²) in [5.74, 6) is 0.511. The van der Waals surface area contributed by atoms with E-state index >= 15 is 0 Å². The number of rotatable bonds is 5. The number of carbonyl (C=O) groups excluding carboxylic acids is 2. The Hall–Kier alpha value is -1.68. The zero-order chi connectivity index (χ0) is 10.4. The van der Waals surface area contributed by atoms with Gasteiger partial charge in [0.2, 0.25) is 0 Å². The normalized spacial score (nSPS) is 11.8. The zero-order valence-corrected chi connectivity index (χ0v) is 7.42. The van der Waals surface area contributed by atoms with Gasteiger partial charge in [0.05, 0.1) is 0 Å². The van der Waals surface area contributed by atoms with Crippen LogP contribution in [0, 0.1) is 0 Å². The fourth-order valence-electron chi connectivity index (χ4n) is 0.864. The summed E-state index contributed by atoms with van der Waals surface area (Å²) in [7, 11) is 0. The van der Waals surface area contributed by atoms with Crippen LogP contribution in [-0.4, -0.2) is 30.4 Å². The van der Waals surface area contributed by atoms with Gasteiger partial charge in [-0.2, -0.15) is 0 Å². The molecule has 1 aromatic carbocycles. The van der Waals surface area contributed by atoms with Gasteiger partial charge in [-0.05, 0) is 24.3 Å². The molecule has 1 N–H and O–H groups in total. The Balaban J connectivity index is 2.51. The third-order valence-corrected chi connectivity index (χ3v) is 1.59. The molecule has 1 rings (SSSR count). The molecule has 1 atom stereocenters. The molecule has 14 heavy (non-hydrogen) atoms. The Bertz CT molecular complexity index is 304. The van der Waals surface area contributed by atoms with E-state index in [1.807, 2.05) is 0 Å². The Morgan fingerprint density at radius 1 is 1.29 bits per heavy atom. The van der Waals surface area contributed by atoms with Gasteiger partial charge in [0.25, 0.3) is 0 Å². The molecule has 0 aromatic heterocycles. The maximum Gasteiger partial charge on any atom is 0.151 e. The maximum atomic E-state index is 10.3.